The molecule has 2 unspecified atom stereocenters. The van der Waals surface area contributed by atoms with E-state index in [-0.39, 0.29) is 29.7 Å². The van der Waals surface area contributed by atoms with Gasteiger partial charge in [-0.05, 0) is 44.0 Å². The second-order valence-electron chi connectivity index (χ2n) is 6.81. The summed E-state index contributed by atoms with van der Waals surface area (Å²) in [7, 11) is 1.68. The van der Waals surface area contributed by atoms with Crippen molar-refractivity contribution in [3.63, 3.8) is 0 Å². The maximum Gasteiger partial charge on any atom is 0.239 e. The molecule has 23 heavy (non-hydrogen) atoms. The first-order chi connectivity index (χ1) is 10.8. The molecule has 1 amide bonds. The summed E-state index contributed by atoms with van der Waals surface area (Å²) >= 11 is 6.04. The van der Waals surface area contributed by atoms with Gasteiger partial charge in [-0.1, -0.05) is 24.6 Å². The summed E-state index contributed by atoms with van der Waals surface area (Å²) in [6, 6.07) is 4.30. The predicted octanol–water partition coefficient (Wildman–Crippen LogP) is 2.50. The molecule has 2 rings (SSSR count). The van der Waals surface area contributed by atoms with Gasteiger partial charge in [0, 0.05) is 30.7 Å². The molecule has 1 aromatic rings. The maximum absolute atomic E-state index is 13.9. The highest BCUT2D eigenvalue weighted by molar-refractivity contribution is 6.31. The molecule has 1 aromatic carbocycles. The molecule has 2 atom stereocenters. The fourth-order valence-corrected chi connectivity index (χ4v) is 3.26. The number of nitrogens with two attached hydrogens (primary N) is 1. The number of amides is 1. The lowest BCUT2D eigenvalue weighted by Gasteiger charge is -2.30. The van der Waals surface area contributed by atoms with Crippen LogP contribution < -0.4 is 5.73 Å². The Morgan fingerprint density at radius 3 is 2.83 bits per heavy atom. The minimum atomic E-state index is -0.387. The van der Waals surface area contributed by atoms with Crippen LogP contribution in [0.1, 0.15) is 25.8 Å². The Morgan fingerprint density at radius 1 is 1.57 bits per heavy atom. The third-order valence-electron chi connectivity index (χ3n) is 4.82. The smallest absolute Gasteiger partial charge is 0.239 e. The van der Waals surface area contributed by atoms with E-state index < -0.39 is 0 Å². The maximum atomic E-state index is 13.9. The molecule has 1 aliphatic rings. The van der Waals surface area contributed by atoms with E-state index in [9.17, 15) is 9.18 Å². The van der Waals surface area contributed by atoms with Crippen LogP contribution in [0.15, 0.2) is 18.2 Å². The van der Waals surface area contributed by atoms with Gasteiger partial charge in [0.2, 0.25) is 5.91 Å². The third-order valence-corrected chi connectivity index (χ3v) is 5.17. The fourth-order valence-electron chi connectivity index (χ4n) is 3.03. The molecule has 0 spiro atoms. The van der Waals surface area contributed by atoms with E-state index in [1.807, 2.05) is 6.92 Å². The fraction of sp³-hybridized carbons (Fsp3) is 0.588. The summed E-state index contributed by atoms with van der Waals surface area (Å²) in [5, 5.41) is 0.342. The number of rotatable bonds is 5. The first-order valence-corrected chi connectivity index (χ1v) is 8.27. The van der Waals surface area contributed by atoms with Crippen molar-refractivity contribution in [3.8, 4) is 0 Å². The number of hydrogen-bond donors (Lipinski definition) is 1. The molecule has 1 saturated heterocycles. The van der Waals surface area contributed by atoms with Gasteiger partial charge in [0.05, 0.1) is 6.04 Å². The summed E-state index contributed by atoms with van der Waals surface area (Å²) in [5.74, 6) is -0.424. The summed E-state index contributed by atoms with van der Waals surface area (Å²) < 4.78 is 13.9. The lowest BCUT2D eigenvalue weighted by atomic mass is 9.90. The molecule has 6 heteroatoms. The van der Waals surface area contributed by atoms with E-state index in [2.05, 4.69) is 11.8 Å². The molecule has 0 bridgehead atoms. The number of benzene rings is 1. The summed E-state index contributed by atoms with van der Waals surface area (Å²) in [6.45, 7) is 6.48. The van der Waals surface area contributed by atoms with Gasteiger partial charge in [0.15, 0.2) is 0 Å². The van der Waals surface area contributed by atoms with Crippen LogP contribution in [-0.4, -0.2) is 48.4 Å². The monoisotopic (exact) mass is 341 g/mol. The van der Waals surface area contributed by atoms with Crippen molar-refractivity contribution < 1.29 is 9.18 Å². The van der Waals surface area contributed by atoms with Gasteiger partial charge in [0.25, 0.3) is 0 Å². The highest BCUT2D eigenvalue weighted by Crippen LogP contribution is 2.30. The molecule has 2 N–H and O–H groups in total. The number of hydrogen-bond acceptors (Lipinski definition) is 3. The van der Waals surface area contributed by atoms with Crippen LogP contribution >= 0.6 is 11.6 Å². The van der Waals surface area contributed by atoms with Crippen LogP contribution in [0.3, 0.4) is 0 Å². The Balaban J connectivity index is 2.02. The summed E-state index contributed by atoms with van der Waals surface area (Å²) in [4.78, 5) is 16.3. The van der Waals surface area contributed by atoms with Crippen molar-refractivity contribution >= 4 is 17.5 Å². The SMILES string of the molecule is CC(C(=O)N(C)Cc1c(F)cccc1Cl)N1CCC(C)(CN)C1. The number of carbonyl (C=O) groups is 1. The van der Waals surface area contributed by atoms with E-state index in [4.69, 9.17) is 17.3 Å². The van der Waals surface area contributed by atoms with Gasteiger partial charge in [-0.25, -0.2) is 4.39 Å². The Hall–Kier alpha value is -1.17. The van der Waals surface area contributed by atoms with Crippen LogP contribution in [0.25, 0.3) is 0 Å². The summed E-state index contributed by atoms with van der Waals surface area (Å²) in [5.41, 5.74) is 6.25. The van der Waals surface area contributed by atoms with Crippen molar-refractivity contribution in [2.75, 3.05) is 26.7 Å². The number of likely N-dealkylation sites (tertiary alicyclic amines) is 1. The Labute approximate surface area is 142 Å². The highest BCUT2D eigenvalue weighted by Gasteiger charge is 2.37. The Kier molecular flexibility index (Phi) is 5.65. The number of carbonyl (C=O) groups excluding carboxylic acids is 1. The van der Waals surface area contributed by atoms with Gasteiger partial charge in [-0.3, -0.25) is 9.69 Å². The van der Waals surface area contributed by atoms with Gasteiger partial charge >= 0.3 is 0 Å². The van der Waals surface area contributed by atoms with Crippen LogP contribution in [-0.2, 0) is 11.3 Å². The van der Waals surface area contributed by atoms with Crippen molar-refractivity contribution in [3.05, 3.63) is 34.6 Å². The van der Waals surface area contributed by atoms with Gasteiger partial charge in [0.1, 0.15) is 5.82 Å². The number of likely N-dealkylation sites (N-methyl/N-ethyl adjacent to an activating group) is 1. The molecule has 0 radical (unpaired) electrons. The van der Waals surface area contributed by atoms with E-state index in [1.165, 1.54) is 11.0 Å². The van der Waals surface area contributed by atoms with E-state index in [0.717, 1.165) is 19.5 Å². The molecule has 1 aliphatic heterocycles. The topological polar surface area (TPSA) is 49.6 Å². The van der Waals surface area contributed by atoms with Gasteiger partial charge in [-0.15, -0.1) is 0 Å². The quantitative estimate of drug-likeness (QED) is 0.895. The first-order valence-electron chi connectivity index (χ1n) is 7.89. The molecule has 0 aromatic heterocycles. The second kappa shape index (κ2) is 7.16. The zero-order valence-corrected chi connectivity index (χ0v) is 14.7. The lowest BCUT2D eigenvalue weighted by molar-refractivity contribution is -0.135. The minimum Gasteiger partial charge on any atom is -0.340 e. The highest BCUT2D eigenvalue weighted by atomic mass is 35.5. The first kappa shape index (κ1) is 18.2. The standard InChI is InChI=1S/C17H25ClFN3O/c1-12(22-8-7-17(2,10-20)11-22)16(23)21(3)9-13-14(18)5-4-6-15(13)19/h4-6,12H,7-11,20H2,1-3H3. The molecule has 1 fully saturated rings. The third kappa shape index (κ3) is 4.03. The number of halogens is 2. The number of nitrogens with zero attached hydrogens (tertiary/aromatic N) is 2. The summed E-state index contributed by atoms with van der Waals surface area (Å²) in [6.07, 6.45) is 0.990. The molecular weight excluding hydrogens is 317 g/mol. The van der Waals surface area contributed by atoms with Crippen molar-refractivity contribution in [1.82, 2.24) is 9.80 Å². The van der Waals surface area contributed by atoms with Crippen LogP contribution in [0.5, 0.6) is 0 Å². The molecule has 0 saturated carbocycles. The van der Waals surface area contributed by atoms with E-state index in [0.29, 0.717) is 17.1 Å². The molecule has 1 heterocycles. The van der Waals surface area contributed by atoms with Crippen molar-refractivity contribution in [2.24, 2.45) is 11.1 Å². The average Bonchev–Trinajstić information content (AvgIpc) is 2.92. The zero-order chi connectivity index (χ0) is 17.2. The Bertz CT molecular complexity index is 563. The minimum absolute atomic E-state index is 0.0365. The molecule has 0 aliphatic carbocycles. The van der Waals surface area contributed by atoms with Crippen molar-refractivity contribution in [1.29, 1.82) is 0 Å². The van der Waals surface area contributed by atoms with Crippen molar-refractivity contribution in [2.45, 2.75) is 32.9 Å². The van der Waals surface area contributed by atoms with Crippen LogP contribution in [0.4, 0.5) is 4.39 Å². The predicted molar refractivity (Wildman–Crippen MR) is 90.7 cm³/mol. The second-order valence-corrected chi connectivity index (χ2v) is 7.21. The normalized spacial score (nSPS) is 23.0. The van der Waals surface area contributed by atoms with E-state index >= 15 is 0 Å². The van der Waals surface area contributed by atoms with E-state index in [1.54, 1.807) is 19.2 Å². The largest absolute Gasteiger partial charge is 0.340 e. The molecular formula is C17H25ClFN3O. The zero-order valence-electron chi connectivity index (χ0n) is 14.0. The molecule has 128 valence electrons. The average molecular weight is 342 g/mol. The lowest BCUT2D eigenvalue weighted by Crippen LogP contribution is -2.45. The van der Waals surface area contributed by atoms with Crippen LogP contribution in [0.2, 0.25) is 5.02 Å². The van der Waals surface area contributed by atoms with Gasteiger partial charge in [-0.2, -0.15) is 0 Å². The Morgan fingerprint density at radius 2 is 2.26 bits per heavy atom. The molecule has 4 nitrogen and oxygen atoms in total. The van der Waals surface area contributed by atoms with Gasteiger partial charge < -0.3 is 10.6 Å². The van der Waals surface area contributed by atoms with Crippen LogP contribution in [0, 0.1) is 11.2 Å².